The first-order valence-corrected chi connectivity index (χ1v) is 9.40. The highest BCUT2D eigenvalue weighted by Crippen LogP contribution is 2.15. The minimum absolute atomic E-state index is 0.220. The predicted octanol–water partition coefficient (Wildman–Crippen LogP) is 0.990. The Labute approximate surface area is 155 Å². The van der Waals surface area contributed by atoms with Gasteiger partial charge < -0.3 is 30.6 Å². The molecule has 0 amide bonds. The summed E-state index contributed by atoms with van der Waals surface area (Å²) in [6, 6.07) is 0. The molecule has 1 aromatic heterocycles. The molecule has 26 heavy (non-hydrogen) atoms. The van der Waals surface area contributed by atoms with E-state index in [-0.39, 0.29) is 12.0 Å². The molecule has 1 aromatic rings. The number of nitrogens with zero attached hydrogens (tertiary/aromatic N) is 3. The van der Waals surface area contributed by atoms with Crippen LogP contribution in [0.3, 0.4) is 0 Å². The van der Waals surface area contributed by atoms with Gasteiger partial charge in [-0.2, -0.15) is 15.0 Å². The van der Waals surface area contributed by atoms with Crippen LogP contribution in [0.15, 0.2) is 0 Å². The van der Waals surface area contributed by atoms with Gasteiger partial charge in [0.1, 0.15) is 5.82 Å². The summed E-state index contributed by atoms with van der Waals surface area (Å²) in [7, 11) is 0. The second kappa shape index (κ2) is 11.9. The Bertz CT molecular complexity index is 511. The van der Waals surface area contributed by atoms with E-state index >= 15 is 0 Å². The number of anilines is 2. The van der Waals surface area contributed by atoms with Crippen LogP contribution in [0.25, 0.3) is 0 Å². The number of aromatic nitrogens is 3. The smallest absolute Gasteiger partial charge is 0.227 e. The van der Waals surface area contributed by atoms with E-state index in [4.69, 9.17) is 19.9 Å². The van der Waals surface area contributed by atoms with E-state index in [1.807, 2.05) is 0 Å². The summed E-state index contributed by atoms with van der Waals surface area (Å²) in [5.41, 5.74) is 5.35. The Morgan fingerprint density at radius 2 is 1.81 bits per heavy atom. The lowest BCUT2D eigenvalue weighted by molar-refractivity contribution is 0.0547. The maximum absolute atomic E-state index is 5.63. The lowest BCUT2D eigenvalue weighted by Gasteiger charge is -2.14. The third kappa shape index (κ3) is 7.77. The minimum atomic E-state index is 0.220. The lowest BCUT2D eigenvalue weighted by Crippen LogP contribution is -2.21. The van der Waals surface area contributed by atoms with Crippen molar-refractivity contribution in [2.24, 2.45) is 5.73 Å². The van der Waals surface area contributed by atoms with Crippen molar-refractivity contribution in [3.8, 4) is 0 Å². The van der Waals surface area contributed by atoms with Crippen LogP contribution in [0.4, 0.5) is 11.9 Å². The van der Waals surface area contributed by atoms with Crippen molar-refractivity contribution in [2.75, 3.05) is 63.3 Å². The molecule has 0 aliphatic carbocycles. The van der Waals surface area contributed by atoms with E-state index in [0.717, 1.165) is 25.3 Å². The van der Waals surface area contributed by atoms with Crippen LogP contribution in [0.2, 0.25) is 0 Å². The summed E-state index contributed by atoms with van der Waals surface area (Å²) in [5.74, 6) is 2.12. The van der Waals surface area contributed by atoms with Crippen molar-refractivity contribution in [2.45, 2.75) is 38.7 Å². The van der Waals surface area contributed by atoms with Crippen LogP contribution >= 0.6 is 0 Å². The van der Waals surface area contributed by atoms with Gasteiger partial charge in [-0.1, -0.05) is 13.8 Å². The number of hydrogen-bond donors (Lipinski definition) is 3. The molecule has 148 valence electrons. The molecule has 4 N–H and O–H groups in total. The zero-order valence-electron chi connectivity index (χ0n) is 15.9. The first kappa shape index (κ1) is 20.8. The second-order valence-electron chi connectivity index (χ2n) is 6.45. The third-order valence-corrected chi connectivity index (χ3v) is 3.84. The fourth-order valence-electron chi connectivity index (χ4n) is 2.46. The fourth-order valence-corrected chi connectivity index (χ4v) is 2.46. The molecule has 0 bridgehead atoms. The number of nitrogens with two attached hydrogens (primary N) is 1. The molecule has 1 unspecified atom stereocenters. The molecule has 2 rings (SSSR count). The molecule has 1 aliphatic rings. The van der Waals surface area contributed by atoms with E-state index in [2.05, 4.69) is 39.4 Å². The summed E-state index contributed by atoms with van der Waals surface area (Å²) in [6.45, 7) is 9.03. The molecule has 0 spiro atoms. The summed E-state index contributed by atoms with van der Waals surface area (Å²) in [4.78, 5) is 13.4. The van der Waals surface area contributed by atoms with Crippen molar-refractivity contribution >= 4 is 11.9 Å². The van der Waals surface area contributed by atoms with Crippen LogP contribution in [-0.4, -0.2) is 73.7 Å². The van der Waals surface area contributed by atoms with Gasteiger partial charge >= 0.3 is 0 Å². The standard InChI is InChI=1S/C17H32N6O3/c1-13(2)15-21-16(19-6-9-25-11-10-24-8-5-18)23-17(22-15)20-12-14-4-3-7-26-14/h13-14H,3-12,18H2,1-2H3,(H2,19,20,21,22,23). The fraction of sp³-hybridized carbons (Fsp3) is 0.824. The number of nitrogens with one attached hydrogen (secondary N) is 2. The topological polar surface area (TPSA) is 116 Å². The summed E-state index contributed by atoms with van der Waals surface area (Å²) < 4.78 is 16.4. The minimum Gasteiger partial charge on any atom is -0.378 e. The third-order valence-electron chi connectivity index (χ3n) is 3.84. The maximum atomic E-state index is 5.63. The van der Waals surface area contributed by atoms with E-state index < -0.39 is 0 Å². The van der Waals surface area contributed by atoms with Gasteiger partial charge in [-0.05, 0) is 12.8 Å². The Morgan fingerprint density at radius 1 is 1.08 bits per heavy atom. The van der Waals surface area contributed by atoms with Crippen LogP contribution in [0.5, 0.6) is 0 Å². The van der Waals surface area contributed by atoms with Crippen molar-refractivity contribution < 1.29 is 14.2 Å². The molecule has 9 heteroatoms. The summed E-state index contributed by atoms with van der Waals surface area (Å²) in [6.07, 6.45) is 2.43. The quantitative estimate of drug-likeness (QED) is 0.438. The van der Waals surface area contributed by atoms with E-state index in [9.17, 15) is 0 Å². The summed E-state index contributed by atoms with van der Waals surface area (Å²) in [5, 5.41) is 6.46. The molecule has 1 atom stereocenters. The van der Waals surface area contributed by atoms with Gasteiger partial charge in [0.05, 0.1) is 32.5 Å². The molecule has 9 nitrogen and oxygen atoms in total. The molecule has 0 aromatic carbocycles. The maximum Gasteiger partial charge on any atom is 0.227 e. The van der Waals surface area contributed by atoms with Crippen molar-refractivity contribution in [1.82, 2.24) is 15.0 Å². The molecular weight excluding hydrogens is 336 g/mol. The SMILES string of the molecule is CC(C)c1nc(NCCOCCOCCN)nc(NCC2CCCO2)n1. The zero-order chi connectivity index (χ0) is 18.6. The molecule has 1 saturated heterocycles. The Hall–Kier alpha value is -1.55. The highest BCUT2D eigenvalue weighted by molar-refractivity contribution is 5.35. The highest BCUT2D eigenvalue weighted by Gasteiger charge is 2.16. The number of ether oxygens (including phenoxy) is 3. The average molecular weight is 368 g/mol. The molecule has 1 aliphatic heterocycles. The molecule has 2 heterocycles. The molecule has 1 fully saturated rings. The molecule has 0 saturated carbocycles. The average Bonchev–Trinajstić information content (AvgIpc) is 3.15. The monoisotopic (exact) mass is 368 g/mol. The Kier molecular flexibility index (Phi) is 9.54. The Balaban J connectivity index is 1.76. The van der Waals surface area contributed by atoms with Crippen molar-refractivity contribution in [3.05, 3.63) is 5.82 Å². The van der Waals surface area contributed by atoms with Gasteiger partial charge in [0.25, 0.3) is 0 Å². The van der Waals surface area contributed by atoms with Gasteiger partial charge in [0.15, 0.2) is 0 Å². The first-order chi connectivity index (χ1) is 12.7. The van der Waals surface area contributed by atoms with Gasteiger partial charge in [0, 0.05) is 32.2 Å². The van der Waals surface area contributed by atoms with Crippen molar-refractivity contribution in [1.29, 1.82) is 0 Å². The van der Waals surface area contributed by atoms with Gasteiger partial charge in [-0.15, -0.1) is 0 Å². The van der Waals surface area contributed by atoms with E-state index in [1.54, 1.807) is 0 Å². The van der Waals surface area contributed by atoms with Gasteiger partial charge in [0.2, 0.25) is 11.9 Å². The molecule has 0 radical (unpaired) electrons. The van der Waals surface area contributed by atoms with Crippen molar-refractivity contribution in [3.63, 3.8) is 0 Å². The number of hydrogen-bond acceptors (Lipinski definition) is 9. The lowest BCUT2D eigenvalue weighted by atomic mass is 10.2. The van der Waals surface area contributed by atoms with Crippen LogP contribution < -0.4 is 16.4 Å². The normalized spacial score (nSPS) is 17.0. The Morgan fingerprint density at radius 3 is 2.46 bits per heavy atom. The zero-order valence-corrected chi connectivity index (χ0v) is 15.9. The van der Waals surface area contributed by atoms with Crippen LogP contribution in [0.1, 0.15) is 38.4 Å². The van der Waals surface area contributed by atoms with E-state index in [1.165, 1.54) is 0 Å². The highest BCUT2D eigenvalue weighted by atomic mass is 16.5. The largest absolute Gasteiger partial charge is 0.378 e. The summed E-state index contributed by atoms with van der Waals surface area (Å²) >= 11 is 0. The van der Waals surface area contributed by atoms with Crippen LogP contribution in [-0.2, 0) is 14.2 Å². The van der Waals surface area contributed by atoms with E-state index in [0.29, 0.717) is 58.0 Å². The van der Waals surface area contributed by atoms with Crippen LogP contribution in [0, 0.1) is 0 Å². The first-order valence-electron chi connectivity index (χ1n) is 9.40. The molecular formula is C17H32N6O3. The number of rotatable bonds is 13. The predicted molar refractivity (Wildman–Crippen MR) is 101 cm³/mol. The second-order valence-corrected chi connectivity index (χ2v) is 6.45. The van der Waals surface area contributed by atoms with Gasteiger partial charge in [-0.25, -0.2) is 0 Å². The van der Waals surface area contributed by atoms with Gasteiger partial charge in [-0.3, -0.25) is 0 Å².